The molecular formula is C23H26N8O. The summed E-state index contributed by atoms with van der Waals surface area (Å²) in [5.74, 6) is 4.86. The molecule has 0 radical (unpaired) electrons. The lowest BCUT2D eigenvalue weighted by molar-refractivity contribution is 0.122. The van der Waals surface area contributed by atoms with Crippen LogP contribution in [0.15, 0.2) is 30.3 Å². The minimum Gasteiger partial charge on any atom is -0.378 e. The zero-order valence-corrected chi connectivity index (χ0v) is 18.6. The monoisotopic (exact) mass is 430 g/mol. The Morgan fingerprint density at radius 3 is 2.53 bits per heavy atom. The molecule has 9 heteroatoms. The first-order valence-electron chi connectivity index (χ1n) is 11.1. The summed E-state index contributed by atoms with van der Waals surface area (Å²) in [5.41, 5.74) is 3.25. The maximum atomic E-state index is 5.53. The fourth-order valence-electron chi connectivity index (χ4n) is 4.68. The zero-order valence-electron chi connectivity index (χ0n) is 18.6. The summed E-state index contributed by atoms with van der Waals surface area (Å²) in [7, 11) is 2.10. The fraction of sp³-hybridized carbons (Fsp3) is 0.435. The quantitative estimate of drug-likeness (QED) is 0.492. The molecule has 2 aliphatic rings. The van der Waals surface area contributed by atoms with E-state index in [4.69, 9.17) is 19.7 Å². The van der Waals surface area contributed by atoms with Gasteiger partial charge in [-0.2, -0.15) is 9.67 Å². The molecule has 2 fully saturated rings. The van der Waals surface area contributed by atoms with E-state index in [9.17, 15) is 0 Å². The molecule has 2 unspecified atom stereocenters. The second-order valence-corrected chi connectivity index (χ2v) is 8.63. The molecule has 1 aromatic carbocycles. The summed E-state index contributed by atoms with van der Waals surface area (Å²) >= 11 is 0. The Balaban J connectivity index is 1.39. The highest BCUT2D eigenvalue weighted by atomic mass is 16.5. The summed E-state index contributed by atoms with van der Waals surface area (Å²) in [4.78, 5) is 21.4. The van der Waals surface area contributed by atoms with Gasteiger partial charge < -0.3 is 14.2 Å². The third-order valence-corrected chi connectivity index (χ3v) is 6.43. The van der Waals surface area contributed by atoms with Crippen LogP contribution in [-0.2, 0) is 11.8 Å². The van der Waals surface area contributed by atoms with Crippen molar-refractivity contribution in [2.24, 2.45) is 7.05 Å². The van der Waals surface area contributed by atoms with Crippen molar-refractivity contribution in [2.75, 3.05) is 31.2 Å². The minimum absolute atomic E-state index is 0.317. The highest BCUT2D eigenvalue weighted by Gasteiger charge is 2.44. The van der Waals surface area contributed by atoms with Crippen molar-refractivity contribution in [3.05, 3.63) is 53.5 Å². The van der Waals surface area contributed by atoms with Crippen LogP contribution >= 0.6 is 0 Å². The SMILES string of the molecule is Cc1nc(C)n(-c2cc(C3CC3c3nc4ccccc4n3C)nc(N3CCOCC3)n2)n1. The Hall–Kier alpha value is -3.33. The number of anilines is 1. The molecule has 4 aromatic rings. The summed E-state index contributed by atoms with van der Waals surface area (Å²) in [6.07, 6.45) is 1.03. The zero-order chi connectivity index (χ0) is 21.8. The molecule has 0 amide bonds. The number of benzene rings is 1. The molecule has 4 heterocycles. The summed E-state index contributed by atoms with van der Waals surface area (Å²) in [6, 6.07) is 10.4. The van der Waals surface area contributed by atoms with Gasteiger partial charge in [0, 0.05) is 38.0 Å². The van der Waals surface area contributed by atoms with Gasteiger partial charge in [-0.3, -0.25) is 0 Å². The van der Waals surface area contributed by atoms with Crippen LogP contribution in [0.25, 0.3) is 16.9 Å². The normalized spacial score (nSPS) is 20.8. The van der Waals surface area contributed by atoms with Crippen LogP contribution < -0.4 is 4.90 Å². The Morgan fingerprint density at radius 2 is 1.78 bits per heavy atom. The van der Waals surface area contributed by atoms with E-state index in [2.05, 4.69) is 50.9 Å². The number of fused-ring (bicyclic) bond motifs is 1. The molecule has 32 heavy (non-hydrogen) atoms. The molecule has 1 saturated heterocycles. The lowest BCUT2D eigenvalue weighted by Crippen LogP contribution is -2.37. The third kappa shape index (κ3) is 3.24. The van der Waals surface area contributed by atoms with Crippen molar-refractivity contribution in [1.82, 2.24) is 34.3 Å². The van der Waals surface area contributed by atoms with Crippen molar-refractivity contribution < 1.29 is 4.74 Å². The molecular weight excluding hydrogens is 404 g/mol. The number of aryl methyl sites for hydroxylation is 3. The highest BCUT2D eigenvalue weighted by molar-refractivity contribution is 5.76. The molecule has 0 bridgehead atoms. The van der Waals surface area contributed by atoms with Crippen molar-refractivity contribution in [3.63, 3.8) is 0 Å². The molecule has 9 nitrogen and oxygen atoms in total. The summed E-state index contributed by atoms with van der Waals surface area (Å²) < 4.78 is 9.56. The number of rotatable bonds is 4. The number of morpholine rings is 1. The average molecular weight is 431 g/mol. The molecule has 1 aliphatic heterocycles. The van der Waals surface area contributed by atoms with Gasteiger partial charge in [-0.15, -0.1) is 5.10 Å². The van der Waals surface area contributed by atoms with Gasteiger partial charge in [0.2, 0.25) is 5.95 Å². The number of para-hydroxylation sites is 2. The van der Waals surface area contributed by atoms with Crippen LogP contribution in [0.4, 0.5) is 5.95 Å². The first-order valence-corrected chi connectivity index (χ1v) is 11.1. The van der Waals surface area contributed by atoms with Gasteiger partial charge in [-0.05, 0) is 32.4 Å². The molecule has 0 N–H and O–H groups in total. The fourth-order valence-corrected chi connectivity index (χ4v) is 4.68. The minimum atomic E-state index is 0.317. The van der Waals surface area contributed by atoms with Crippen LogP contribution in [0.5, 0.6) is 0 Å². The van der Waals surface area contributed by atoms with Gasteiger partial charge in [0.05, 0.1) is 29.9 Å². The van der Waals surface area contributed by atoms with Crippen LogP contribution in [0.2, 0.25) is 0 Å². The van der Waals surface area contributed by atoms with Crippen LogP contribution in [0, 0.1) is 13.8 Å². The van der Waals surface area contributed by atoms with Crippen molar-refractivity contribution in [3.8, 4) is 5.82 Å². The summed E-state index contributed by atoms with van der Waals surface area (Å²) in [5, 5.41) is 4.56. The van der Waals surface area contributed by atoms with E-state index in [0.29, 0.717) is 25.0 Å². The van der Waals surface area contributed by atoms with E-state index < -0.39 is 0 Å². The number of aromatic nitrogens is 7. The predicted octanol–water partition coefficient (Wildman–Crippen LogP) is 2.67. The van der Waals surface area contributed by atoms with Gasteiger partial charge >= 0.3 is 0 Å². The van der Waals surface area contributed by atoms with E-state index in [1.807, 2.05) is 24.6 Å². The molecule has 164 valence electrons. The molecule has 0 spiro atoms. The number of hydrogen-bond donors (Lipinski definition) is 0. The highest BCUT2D eigenvalue weighted by Crippen LogP contribution is 2.54. The van der Waals surface area contributed by atoms with E-state index in [1.54, 1.807) is 0 Å². The average Bonchev–Trinajstić information content (AvgIpc) is 3.44. The molecule has 1 aliphatic carbocycles. The van der Waals surface area contributed by atoms with Crippen LogP contribution in [0.3, 0.4) is 0 Å². The summed E-state index contributed by atoms with van der Waals surface area (Å²) in [6.45, 7) is 6.81. The first kappa shape index (κ1) is 19.4. The molecule has 1 saturated carbocycles. The second kappa shape index (κ2) is 7.37. The lowest BCUT2D eigenvalue weighted by atomic mass is 10.2. The predicted molar refractivity (Wildman–Crippen MR) is 120 cm³/mol. The van der Waals surface area contributed by atoms with Gasteiger partial charge in [-0.1, -0.05) is 12.1 Å². The Bertz CT molecular complexity index is 1300. The maximum absolute atomic E-state index is 5.53. The number of ether oxygens (including phenoxy) is 1. The van der Waals surface area contributed by atoms with Gasteiger partial charge in [0.25, 0.3) is 0 Å². The standard InChI is InChI=1S/C23H26N8O/c1-14-24-15(2)31(28-14)21-13-19(26-23(27-21)30-8-10-32-11-9-30)16-12-17(16)22-25-18-6-4-5-7-20(18)29(22)3/h4-7,13,16-17H,8-12H2,1-3H3. The van der Waals surface area contributed by atoms with Crippen molar-refractivity contribution in [2.45, 2.75) is 32.1 Å². The van der Waals surface area contributed by atoms with E-state index in [1.165, 1.54) is 5.52 Å². The van der Waals surface area contributed by atoms with E-state index in [-0.39, 0.29) is 0 Å². The number of nitrogens with zero attached hydrogens (tertiary/aromatic N) is 8. The first-order chi connectivity index (χ1) is 15.6. The molecule has 6 rings (SSSR count). The topological polar surface area (TPSA) is 86.8 Å². The van der Waals surface area contributed by atoms with Gasteiger partial charge in [0.1, 0.15) is 17.5 Å². The number of hydrogen-bond acceptors (Lipinski definition) is 7. The maximum Gasteiger partial charge on any atom is 0.227 e. The smallest absolute Gasteiger partial charge is 0.227 e. The second-order valence-electron chi connectivity index (χ2n) is 8.63. The van der Waals surface area contributed by atoms with Crippen molar-refractivity contribution in [1.29, 1.82) is 0 Å². The van der Waals surface area contributed by atoms with Crippen molar-refractivity contribution >= 4 is 17.0 Å². The largest absolute Gasteiger partial charge is 0.378 e. The molecule has 3 aromatic heterocycles. The van der Waals surface area contributed by atoms with Gasteiger partial charge in [0.15, 0.2) is 5.82 Å². The van der Waals surface area contributed by atoms with Gasteiger partial charge in [-0.25, -0.2) is 15.0 Å². The Kier molecular flexibility index (Phi) is 4.46. The molecule has 2 atom stereocenters. The van der Waals surface area contributed by atoms with Crippen LogP contribution in [0.1, 0.15) is 41.4 Å². The third-order valence-electron chi connectivity index (χ3n) is 6.43. The number of imidazole rings is 1. The van der Waals surface area contributed by atoms with E-state index >= 15 is 0 Å². The van der Waals surface area contributed by atoms with E-state index in [0.717, 1.165) is 60.0 Å². The Labute approximate surface area is 186 Å². The van der Waals surface area contributed by atoms with Crippen LogP contribution in [-0.4, -0.2) is 60.6 Å². The Morgan fingerprint density at radius 1 is 0.969 bits per heavy atom. The lowest BCUT2D eigenvalue weighted by Gasteiger charge is -2.27.